The van der Waals surface area contributed by atoms with Crippen molar-refractivity contribution in [2.75, 3.05) is 26.2 Å². The van der Waals surface area contributed by atoms with Crippen LogP contribution in [0.2, 0.25) is 0 Å². The van der Waals surface area contributed by atoms with Gasteiger partial charge in [0.05, 0.1) is 0 Å². The predicted molar refractivity (Wildman–Crippen MR) is 78.3 cm³/mol. The zero-order valence-electron chi connectivity index (χ0n) is 11.8. The SMILES string of the molecule is O=S(=O)(N1CCNCC1)N(Cc1ccccc1F)C1CC1. The molecule has 1 heterocycles. The van der Waals surface area contributed by atoms with Crippen LogP contribution in [0.5, 0.6) is 0 Å². The first-order chi connectivity index (χ1) is 10.1. The molecule has 116 valence electrons. The Morgan fingerprint density at radius 3 is 2.52 bits per heavy atom. The third-order valence-electron chi connectivity index (χ3n) is 3.94. The van der Waals surface area contributed by atoms with E-state index in [0.29, 0.717) is 31.7 Å². The number of nitrogens with one attached hydrogen (secondary N) is 1. The molecule has 0 bridgehead atoms. The zero-order chi connectivity index (χ0) is 14.9. The number of nitrogens with zero attached hydrogens (tertiary/aromatic N) is 2. The monoisotopic (exact) mass is 313 g/mol. The summed E-state index contributed by atoms with van der Waals surface area (Å²) in [6.45, 7) is 2.39. The number of halogens is 1. The predicted octanol–water partition coefficient (Wildman–Crippen LogP) is 0.940. The van der Waals surface area contributed by atoms with E-state index >= 15 is 0 Å². The maximum atomic E-state index is 13.8. The Bertz CT molecular complexity index is 598. The van der Waals surface area contributed by atoms with Crippen LogP contribution >= 0.6 is 0 Å². The van der Waals surface area contributed by atoms with Crippen LogP contribution in [-0.4, -0.2) is 49.2 Å². The summed E-state index contributed by atoms with van der Waals surface area (Å²) < 4.78 is 42.4. The topological polar surface area (TPSA) is 52.7 Å². The highest BCUT2D eigenvalue weighted by Crippen LogP contribution is 2.32. The molecule has 1 aliphatic carbocycles. The zero-order valence-corrected chi connectivity index (χ0v) is 12.7. The average Bonchev–Trinajstić information content (AvgIpc) is 3.31. The first kappa shape index (κ1) is 14.9. The molecule has 0 amide bonds. The fourth-order valence-electron chi connectivity index (χ4n) is 2.58. The Balaban J connectivity index is 1.82. The highest BCUT2D eigenvalue weighted by molar-refractivity contribution is 7.86. The van der Waals surface area contributed by atoms with Gasteiger partial charge in [0, 0.05) is 44.3 Å². The molecule has 2 aliphatic rings. The number of hydrogen-bond donors (Lipinski definition) is 1. The normalized spacial score (nSPS) is 20.9. The summed E-state index contributed by atoms with van der Waals surface area (Å²) in [5.41, 5.74) is 0.433. The molecular weight excluding hydrogens is 293 g/mol. The van der Waals surface area contributed by atoms with Gasteiger partial charge >= 0.3 is 0 Å². The lowest BCUT2D eigenvalue weighted by Gasteiger charge is -2.32. The van der Waals surface area contributed by atoms with Gasteiger partial charge in [-0.05, 0) is 18.9 Å². The number of piperazine rings is 1. The molecular formula is C14H20FN3O2S. The minimum atomic E-state index is -3.52. The molecule has 0 aromatic heterocycles. The molecule has 0 radical (unpaired) electrons. The van der Waals surface area contributed by atoms with Gasteiger partial charge in [0.1, 0.15) is 5.82 Å². The van der Waals surface area contributed by atoms with E-state index in [1.54, 1.807) is 18.2 Å². The quantitative estimate of drug-likeness (QED) is 0.880. The molecule has 5 nitrogen and oxygen atoms in total. The second-order valence-electron chi connectivity index (χ2n) is 5.52. The first-order valence-corrected chi connectivity index (χ1v) is 8.70. The van der Waals surface area contributed by atoms with Gasteiger partial charge in [-0.3, -0.25) is 0 Å². The fraction of sp³-hybridized carbons (Fsp3) is 0.571. The van der Waals surface area contributed by atoms with Crippen LogP contribution in [0, 0.1) is 5.82 Å². The van der Waals surface area contributed by atoms with E-state index in [4.69, 9.17) is 0 Å². The van der Waals surface area contributed by atoms with Crippen LogP contribution in [-0.2, 0) is 16.8 Å². The summed E-state index contributed by atoms with van der Waals surface area (Å²) in [6, 6.07) is 6.39. The van der Waals surface area contributed by atoms with E-state index in [9.17, 15) is 12.8 Å². The molecule has 3 rings (SSSR count). The van der Waals surface area contributed by atoms with Crippen LogP contribution in [0.1, 0.15) is 18.4 Å². The van der Waals surface area contributed by atoms with Crippen molar-refractivity contribution in [3.05, 3.63) is 35.6 Å². The van der Waals surface area contributed by atoms with E-state index in [0.717, 1.165) is 12.8 Å². The van der Waals surface area contributed by atoms with Gasteiger partial charge < -0.3 is 5.32 Å². The summed E-state index contributed by atoms with van der Waals surface area (Å²) in [5, 5.41) is 3.14. The summed E-state index contributed by atoms with van der Waals surface area (Å²) in [5.74, 6) is -0.348. The Morgan fingerprint density at radius 2 is 1.90 bits per heavy atom. The van der Waals surface area contributed by atoms with Gasteiger partial charge in [0.15, 0.2) is 0 Å². The van der Waals surface area contributed by atoms with E-state index in [1.807, 2.05) is 0 Å². The van der Waals surface area contributed by atoms with Gasteiger partial charge in [-0.15, -0.1) is 0 Å². The highest BCUT2D eigenvalue weighted by Gasteiger charge is 2.40. The molecule has 21 heavy (non-hydrogen) atoms. The van der Waals surface area contributed by atoms with Gasteiger partial charge in [0.2, 0.25) is 0 Å². The maximum Gasteiger partial charge on any atom is 0.282 e. The van der Waals surface area contributed by atoms with Crippen molar-refractivity contribution in [2.45, 2.75) is 25.4 Å². The largest absolute Gasteiger partial charge is 0.314 e. The second-order valence-corrected chi connectivity index (χ2v) is 7.41. The van der Waals surface area contributed by atoms with Crippen molar-refractivity contribution in [2.24, 2.45) is 0 Å². The van der Waals surface area contributed by atoms with Crippen molar-refractivity contribution in [1.82, 2.24) is 13.9 Å². The van der Waals surface area contributed by atoms with Gasteiger partial charge in [-0.2, -0.15) is 17.0 Å². The minimum absolute atomic E-state index is 0.0180. The molecule has 1 aromatic carbocycles. The van der Waals surface area contributed by atoms with Crippen LogP contribution in [0.4, 0.5) is 4.39 Å². The lowest BCUT2D eigenvalue weighted by Crippen LogP contribution is -2.52. The van der Waals surface area contributed by atoms with Crippen molar-refractivity contribution in [3.8, 4) is 0 Å². The van der Waals surface area contributed by atoms with E-state index < -0.39 is 10.2 Å². The molecule has 1 saturated carbocycles. The van der Waals surface area contributed by atoms with Crippen LogP contribution in [0.25, 0.3) is 0 Å². The van der Waals surface area contributed by atoms with E-state index in [2.05, 4.69) is 5.32 Å². The van der Waals surface area contributed by atoms with Crippen molar-refractivity contribution < 1.29 is 12.8 Å². The Hall–Kier alpha value is -1.02. The number of hydrogen-bond acceptors (Lipinski definition) is 3. The molecule has 1 aromatic rings. The Morgan fingerprint density at radius 1 is 1.24 bits per heavy atom. The molecule has 7 heteroatoms. The molecule has 0 unspecified atom stereocenters. The van der Waals surface area contributed by atoms with Gasteiger partial charge in [-0.1, -0.05) is 18.2 Å². The average molecular weight is 313 g/mol. The minimum Gasteiger partial charge on any atom is -0.314 e. The molecule has 2 fully saturated rings. The van der Waals surface area contributed by atoms with E-state index in [-0.39, 0.29) is 18.4 Å². The van der Waals surface area contributed by atoms with Crippen molar-refractivity contribution in [3.63, 3.8) is 0 Å². The Labute approximate surface area is 124 Å². The van der Waals surface area contributed by atoms with Gasteiger partial charge in [-0.25, -0.2) is 4.39 Å². The number of rotatable bonds is 5. The smallest absolute Gasteiger partial charge is 0.282 e. The third kappa shape index (κ3) is 3.26. The molecule has 0 spiro atoms. The molecule has 1 aliphatic heterocycles. The molecule has 0 atom stereocenters. The highest BCUT2D eigenvalue weighted by atomic mass is 32.2. The van der Waals surface area contributed by atoms with Crippen LogP contribution in [0.15, 0.2) is 24.3 Å². The van der Waals surface area contributed by atoms with E-state index in [1.165, 1.54) is 14.7 Å². The Kier molecular flexibility index (Phi) is 4.26. The lowest BCUT2D eigenvalue weighted by atomic mass is 10.2. The second kappa shape index (κ2) is 6.00. The third-order valence-corrected chi connectivity index (χ3v) is 5.97. The van der Waals surface area contributed by atoms with Crippen molar-refractivity contribution in [1.29, 1.82) is 0 Å². The first-order valence-electron chi connectivity index (χ1n) is 7.30. The van der Waals surface area contributed by atoms with Gasteiger partial charge in [0.25, 0.3) is 10.2 Å². The maximum absolute atomic E-state index is 13.8. The molecule has 1 N–H and O–H groups in total. The summed E-state index contributed by atoms with van der Waals surface area (Å²) in [6.07, 6.45) is 1.72. The summed E-state index contributed by atoms with van der Waals surface area (Å²) in [7, 11) is -3.52. The van der Waals surface area contributed by atoms with Crippen LogP contribution in [0.3, 0.4) is 0 Å². The standard InChI is InChI=1S/C14H20FN3O2S/c15-14-4-2-1-3-12(14)11-18(13-5-6-13)21(19,20)17-9-7-16-8-10-17/h1-4,13,16H,5-11H2. The molecule has 1 saturated heterocycles. The lowest BCUT2D eigenvalue weighted by molar-refractivity contribution is 0.302. The fourth-order valence-corrected chi connectivity index (χ4v) is 4.41. The van der Waals surface area contributed by atoms with Crippen molar-refractivity contribution >= 4 is 10.2 Å². The number of benzene rings is 1. The summed E-state index contributed by atoms with van der Waals surface area (Å²) >= 11 is 0. The summed E-state index contributed by atoms with van der Waals surface area (Å²) in [4.78, 5) is 0. The van der Waals surface area contributed by atoms with Crippen LogP contribution < -0.4 is 5.32 Å².